The van der Waals surface area contributed by atoms with Gasteiger partial charge in [0.15, 0.2) is 0 Å². The molecule has 0 aliphatic carbocycles. The van der Waals surface area contributed by atoms with Gasteiger partial charge >= 0.3 is 0 Å². The summed E-state index contributed by atoms with van der Waals surface area (Å²) in [6.45, 7) is 1.93. The monoisotopic (exact) mass is 500 g/mol. The summed E-state index contributed by atoms with van der Waals surface area (Å²) < 4.78 is 0. The van der Waals surface area contributed by atoms with Gasteiger partial charge in [0, 0.05) is 11.6 Å². The number of hydrogen-bond donors (Lipinski definition) is 3. The van der Waals surface area contributed by atoms with Crippen molar-refractivity contribution in [1.82, 2.24) is 10.2 Å². The van der Waals surface area contributed by atoms with Crippen LogP contribution in [0.2, 0.25) is 5.02 Å². The number of rotatable bonds is 8. The number of benzene rings is 2. The molecule has 2 aromatic rings. The van der Waals surface area contributed by atoms with Crippen LogP contribution in [0.4, 0.5) is 0 Å². The summed E-state index contributed by atoms with van der Waals surface area (Å²) in [7, 11) is 0. The highest BCUT2D eigenvalue weighted by molar-refractivity contribution is 6.30. The molecule has 5 N–H and O–H groups in total. The minimum absolute atomic E-state index is 0. The topological polar surface area (TPSA) is 101 Å². The minimum Gasteiger partial charge on any atom is -0.330 e. The Labute approximate surface area is 206 Å². The Kier molecular flexibility index (Phi) is 12.2. The number of halogens is 3. The Morgan fingerprint density at radius 2 is 1.84 bits per heavy atom. The average molecular weight is 502 g/mol. The summed E-state index contributed by atoms with van der Waals surface area (Å²) in [5.41, 5.74) is 14.9. The summed E-state index contributed by atoms with van der Waals surface area (Å²) in [6.07, 6.45) is 2.75. The molecule has 0 spiro atoms. The number of amides is 2. The van der Waals surface area contributed by atoms with Crippen molar-refractivity contribution in [2.24, 2.45) is 11.5 Å². The van der Waals surface area contributed by atoms with Crippen LogP contribution >= 0.6 is 36.4 Å². The van der Waals surface area contributed by atoms with Crippen LogP contribution in [0.1, 0.15) is 29.5 Å². The Bertz CT molecular complexity index is 883. The van der Waals surface area contributed by atoms with Crippen molar-refractivity contribution in [2.75, 3.05) is 13.1 Å². The molecule has 0 saturated carbocycles. The second-order valence-electron chi connectivity index (χ2n) is 7.73. The van der Waals surface area contributed by atoms with E-state index in [0.717, 1.165) is 36.1 Å². The molecule has 32 heavy (non-hydrogen) atoms. The summed E-state index contributed by atoms with van der Waals surface area (Å²) in [6, 6.07) is 14.2. The lowest BCUT2D eigenvalue weighted by atomic mass is 10.0. The molecule has 0 aromatic heterocycles. The van der Waals surface area contributed by atoms with Crippen LogP contribution in [0, 0.1) is 0 Å². The average Bonchev–Trinajstić information content (AvgIpc) is 3.19. The molecule has 1 fully saturated rings. The van der Waals surface area contributed by atoms with Gasteiger partial charge in [-0.15, -0.1) is 24.8 Å². The zero-order valence-electron chi connectivity index (χ0n) is 17.8. The highest BCUT2D eigenvalue weighted by Crippen LogP contribution is 2.24. The van der Waals surface area contributed by atoms with Gasteiger partial charge in [0.05, 0.1) is 12.1 Å². The van der Waals surface area contributed by atoms with Crippen LogP contribution in [-0.2, 0) is 29.0 Å². The van der Waals surface area contributed by atoms with Crippen LogP contribution in [0.5, 0.6) is 0 Å². The largest absolute Gasteiger partial charge is 0.330 e. The van der Waals surface area contributed by atoms with Gasteiger partial charge in [-0.1, -0.05) is 48.0 Å². The van der Waals surface area contributed by atoms with E-state index in [0.29, 0.717) is 31.0 Å². The zero-order chi connectivity index (χ0) is 21.5. The van der Waals surface area contributed by atoms with Crippen molar-refractivity contribution in [1.29, 1.82) is 0 Å². The number of hydrogen-bond acceptors (Lipinski definition) is 5. The van der Waals surface area contributed by atoms with E-state index in [9.17, 15) is 9.59 Å². The number of nitrogens with one attached hydrogen (secondary N) is 1. The predicted molar refractivity (Wildman–Crippen MR) is 133 cm³/mol. The van der Waals surface area contributed by atoms with Gasteiger partial charge in [-0.2, -0.15) is 0 Å². The van der Waals surface area contributed by atoms with Gasteiger partial charge in [-0.3, -0.25) is 19.8 Å². The van der Waals surface area contributed by atoms with Crippen molar-refractivity contribution in [3.63, 3.8) is 0 Å². The maximum absolute atomic E-state index is 12.8. The minimum atomic E-state index is -0.768. The molecule has 2 amide bonds. The van der Waals surface area contributed by atoms with E-state index in [4.69, 9.17) is 23.1 Å². The Morgan fingerprint density at radius 1 is 1.12 bits per heavy atom. The molecule has 0 bridgehead atoms. The standard InChI is InChI=1S/C23H29ClN4O2.2ClH/c24-19-9-8-17(10-11-25)18(14-19)15-28-12-4-7-21(28)23(30)27-22(29)20(26)13-16-5-2-1-3-6-16;;/h1-3,5-6,8-9,14,20-21H,4,7,10-13,15,25-26H2,(H,27,29,30);2*1H/t20-,21+;;/m1../s1. The lowest BCUT2D eigenvalue weighted by Crippen LogP contribution is -2.50. The first kappa shape index (κ1) is 28.4. The summed E-state index contributed by atoms with van der Waals surface area (Å²) in [5.74, 6) is -0.731. The fourth-order valence-electron chi connectivity index (χ4n) is 3.93. The van der Waals surface area contributed by atoms with E-state index in [1.165, 1.54) is 0 Å². The molecule has 9 heteroatoms. The summed E-state index contributed by atoms with van der Waals surface area (Å²) in [4.78, 5) is 27.4. The number of likely N-dealkylation sites (tertiary alicyclic amines) is 1. The first-order valence-electron chi connectivity index (χ1n) is 10.3. The summed E-state index contributed by atoms with van der Waals surface area (Å²) >= 11 is 6.18. The zero-order valence-corrected chi connectivity index (χ0v) is 20.2. The van der Waals surface area contributed by atoms with Gasteiger partial charge in [0.25, 0.3) is 0 Å². The van der Waals surface area contributed by atoms with E-state index in [1.807, 2.05) is 48.5 Å². The Balaban J connectivity index is 0.00000256. The van der Waals surface area contributed by atoms with Gasteiger partial charge in [0.2, 0.25) is 11.8 Å². The lowest BCUT2D eigenvalue weighted by Gasteiger charge is -2.25. The van der Waals surface area contributed by atoms with Crippen LogP contribution < -0.4 is 16.8 Å². The van der Waals surface area contributed by atoms with Crippen molar-refractivity contribution < 1.29 is 9.59 Å². The first-order valence-corrected chi connectivity index (χ1v) is 10.7. The van der Waals surface area contributed by atoms with Gasteiger partial charge in [0.1, 0.15) is 0 Å². The van der Waals surface area contributed by atoms with Crippen LogP contribution in [0.15, 0.2) is 48.5 Å². The molecule has 2 atom stereocenters. The van der Waals surface area contributed by atoms with E-state index in [-0.39, 0.29) is 36.8 Å². The van der Waals surface area contributed by atoms with Crippen LogP contribution in [0.25, 0.3) is 0 Å². The predicted octanol–water partition coefficient (Wildman–Crippen LogP) is 2.86. The molecule has 0 radical (unpaired) electrons. The van der Waals surface area contributed by atoms with Gasteiger partial charge < -0.3 is 11.5 Å². The Hall–Kier alpha value is -1.67. The molecule has 176 valence electrons. The second kappa shape index (κ2) is 13.8. The second-order valence-corrected chi connectivity index (χ2v) is 8.17. The highest BCUT2D eigenvalue weighted by Gasteiger charge is 2.32. The molecule has 6 nitrogen and oxygen atoms in total. The van der Waals surface area contributed by atoms with E-state index in [2.05, 4.69) is 10.2 Å². The molecule has 1 aliphatic rings. The molecule has 1 saturated heterocycles. The smallest absolute Gasteiger partial charge is 0.243 e. The van der Waals surface area contributed by atoms with Crippen molar-refractivity contribution >= 4 is 48.2 Å². The first-order chi connectivity index (χ1) is 14.5. The number of nitrogens with two attached hydrogens (primary N) is 2. The van der Waals surface area contributed by atoms with Crippen LogP contribution in [-0.4, -0.2) is 41.9 Å². The quantitative estimate of drug-likeness (QED) is 0.516. The van der Waals surface area contributed by atoms with Gasteiger partial charge in [-0.25, -0.2) is 0 Å². The van der Waals surface area contributed by atoms with Crippen molar-refractivity contribution in [3.05, 3.63) is 70.2 Å². The van der Waals surface area contributed by atoms with Crippen molar-refractivity contribution in [2.45, 2.75) is 44.3 Å². The van der Waals surface area contributed by atoms with Crippen molar-refractivity contribution in [3.8, 4) is 0 Å². The number of imide groups is 1. The number of carbonyl (C=O) groups excluding carboxylic acids is 2. The van der Waals surface area contributed by atoms with E-state index >= 15 is 0 Å². The maximum Gasteiger partial charge on any atom is 0.243 e. The third-order valence-electron chi connectivity index (χ3n) is 5.50. The van der Waals surface area contributed by atoms with E-state index in [1.54, 1.807) is 0 Å². The van der Waals surface area contributed by atoms with Crippen LogP contribution in [0.3, 0.4) is 0 Å². The third kappa shape index (κ3) is 7.73. The molecule has 2 aromatic carbocycles. The Morgan fingerprint density at radius 3 is 2.53 bits per heavy atom. The molecule has 0 unspecified atom stereocenters. The number of carbonyl (C=O) groups is 2. The number of nitrogens with zero attached hydrogens (tertiary/aromatic N) is 1. The third-order valence-corrected chi connectivity index (χ3v) is 5.74. The molecular weight excluding hydrogens is 471 g/mol. The molecular formula is C23H31Cl3N4O2. The highest BCUT2D eigenvalue weighted by atomic mass is 35.5. The molecule has 1 aliphatic heterocycles. The van der Waals surface area contributed by atoms with E-state index < -0.39 is 11.9 Å². The molecule has 1 heterocycles. The van der Waals surface area contributed by atoms with Gasteiger partial charge in [-0.05, 0) is 67.6 Å². The lowest BCUT2D eigenvalue weighted by molar-refractivity contribution is -0.133. The fourth-order valence-corrected chi connectivity index (χ4v) is 4.13. The maximum atomic E-state index is 12.8. The summed E-state index contributed by atoms with van der Waals surface area (Å²) in [5, 5.41) is 3.18. The molecule has 3 rings (SSSR count). The normalized spacial score (nSPS) is 16.5. The SMILES string of the molecule is Cl.Cl.NCCc1ccc(Cl)cc1CN1CCC[C@H]1C(=O)NC(=O)[C@H](N)Cc1ccccc1. The fraction of sp³-hybridized carbons (Fsp3) is 0.391.